The Bertz CT molecular complexity index is 369. The fourth-order valence-electron chi connectivity index (χ4n) is 3.18. The second kappa shape index (κ2) is 9.01. The molecule has 0 aromatic carbocycles. The number of piperidine rings is 1. The van der Waals surface area contributed by atoms with Crippen molar-refractivity contribution < 1.29 is 19.9 Å². The monoisotopic (exact) mass is 328 g/mol. The molecule has 0 aromatic heterocycles. The Morgan fingerprint density at radius 3 is 2.30 bits per heavy atom. The highest BCUT2D eigenvalue weighted by atomic mass is 16.4. The van der Waals surface area contributed by atoms with Gasteiger partial charge in [-0.2, -0.15) is 0 Å². The lowest BCUT2D eigenvalue weighted by Gasteiger charge is -2.38. The topological polar surface area (TPSA) is 93.0 Å². The molecule has 0 saturated carbocycles. The van der Waals surface area contributed by atoms with Gasteiger partial charge in [-0.25, -0.2) is 0 Å². The number of carboxylic acids is 1. The van der Waals surface area contributed by atoms with Gasteiger partial charge < -0.3 is 25.4 Å². The maximum absolute atomic E-state index is 11.8. The highest BCUT2D eigenvalue weighted by Gasteiger charge is 2.37. The van der Waals surface area contributed by atoms with Crippen molar-refractivity contribution in [2.24, 2.45) is 5.41 Å². The first kappa shape index (κ1) is 20.4. The van der Waals surface area contributed by atoms with Crippen molar-refractivity contribution in [3.05, 3.63) is 0 Å². The van der Waals surface area contributed by atoms with Crippen molar-refractivity contribution in [1.29, 1.82) is 0 Å². The summed E-state index contributed by atoms with van der Waals surface area (Å²) in [6.07, 6.45) is 4.96. The molecule has 0 spiro atoms. The van der Waals surface area contributed by atoms with Crippen LogP contribution in [0.2, 0.25) is 6.32 Å². The summed E-state index contributed by atoms with van der Waals surface area (Å²) in [4.78, 5) is 14.1. The third-order valence-corrected chi connectivity index (χ3v) is 5.27. The molecule has 0 bridgehead atoms. The number of hydrogen-bond donors (Lipinski definition) is 4. The molecule has 0 radical (unpaired) electrons. The minimum atomic E-state index is -1.31. The highest BCUT2D eigenvalue weighted by molar-refractivity contribution is 6.40. The molecule has 1 heterocycles. The van der Waals surface area contributed by atoms with Crippen molar-refractivity contribution in [1.82, 2.24) is 10.2 Å². The molecule has 7 heteroatoms. The first-order chi connectivity index (χ1) is 10.7. The van der Waals surface area contributed by atoms with Crippen molar-refractivity contribution in [2.75, 3.05) is 26.7 Å². The summed E-state index contributed by atoms with van der Waals surface area (Å²) in [5.41, 5.74) is -0.526. The van der Waals surface area contributed by atoms with E-state index in [9.17, 15) is 9.90 Å². The van der Waals surface area contributed by atoms with Gasteiger partial charge in [-0.15, -0.1) is 0 Å². The van der Waals surface area contributed by atoms with Gasteiger partial charge in [-0.1, -0.05) is 26.7 Å². The van der Waals surface area contributed by atoms with Crippen LogP contribution in [0.15, 0.2) is 0 Å². The van der Waals surface area contributed by atoms with E-state index < -0.39 is 18.6 Å². The SMILES string of the molecule is CNC(CCCCB(O)O)(CCN1CCC(C)(C)CC1)C(=O)O. The van der Waals surface area contributed by atoms with Gasteiger partial charge in [0, 0.05) is 6.54 Å². The number of likely N-dealkylation sites (tertiary alicyclic amines) is 1. The van der Waals surface area contributed by atoms with Gasteiger partial charge >= 0.3 is 13.1 Å². The van der Waals surface area contributed by atoms with E-state index in [1.807, 2.05) is 0 Å². The molecule has 0 aromatic rings. The number of aliphatic carboxylic acids is 1. The van der Waals surface area contributed by atoms with Gasteiger partial charge in [0.15, 0.2) is 0 Å². The zero-order valence-corrected chi connectivity index (χ0v) is 14.8. The van der Waals surface area contributed by atoms with Crippen molar-refractivity contribution >= 4 is 13.1 Å². The van der Waals surface area contributed by atoms with Gasteiger partial charge in [-0.05, 0) is 57.6 Å². The normalized spacial score (nSPS) is 20.9. The maximum atomic E-state index is 11.8. The van der Waals surface area contributed by atoms with Crippen molar-refractivity contribution in [2.45, 2.75) is 64.2 Å². The smallest absolute Gasteiger partial charge is 0.451 e. The Hall–Kier alpha value is -0.625. The molecule has 0 amide bonds. The second-order valence-corrected chi connectivity index (χ2v) is 7.62. The van der Waals surface area contributed by atoms with Gasteiger partial charge in [-0.3, -0.25) is 4.79 Å². The van der Waals surface area contributed by atoms with Crippen LogP contribution in [0.5, 0.6) is 0 Å². The molecule has 6 nitrogen and oxygen atoms in total. The molecule has 0 aliphatic carbocycles. The summed E-state index contributed by atoms with van der Waals surface area (Å²) in [7, 11) is 0.398. The van der Waals surface area contributed by atoms with E-state index in [0.717, 1.165) is 32.5 Å². The molecule has 1 aliphatic rings. The molecule has 134 valence electrons. The first-order valence-electron chi connectivity index (χ1n) is 8.72. The van der Waals surface area contributed by atoms with Crippen LogP contribution < -0.4 is 5.32 Å². The van der Waals surface area contributed by atoms with E-state index in [2.05, 4.69) is 24.1 Å². The van der Waals surface area contributed by atoms with Crippen LogP contribution >= 0.6 is 0 Å². The molecule has 1 atom stereocenters. The van der Waals surface area contributed by atoms with Crippen LogP contribution in [0.3, 0.4) is 0 Å². The van der Waals surface area contributed by atoms with Crippen LogP contribution in [-0.2, 0) is 4.79 Å². The lowest BCUT2D eigenvalue weighted by atomic mass is 9.80. The molecule has 1 aliphatic heterocycles. The van der Waals surface area contributed by atoms with Crippen LogP contribution in [0.1, 0.15) is 52.4 Å². The highest BCUT2D eigenvalue weighted by Crippen LogP contribution is 2.30. The minimum Gasteiger partial charge on any atom is -0.480 e. The second-order valence-electron chi connectivity index (χ2n) is 7.62. The van der Waals surface area contributed by atoms with E-state index in [4.69, 9.17) is 10.0 Å². The summed E-state index contributed by atoms with van der Waals surface area (Å²) in [6, 6.07) is 0. The number of nitrogens with zero attached hydrogens (tertiary/aromatic N) is 1. The Kier molecular flexibility index (Phi) is 8.00. The summed E-state index contributed by atoms with van der Waals surface area (Å²) in [5.74, 6) is -0.818. The number of hydrogen-bond acceptors (Lipinski definition) is 5. The van der Waals surface area contributed by atoms with Crippen molar-refractivity contribution in [3.63, 3.8) is 0 Å². The van der Waals surface area contributed by atoms with Crippen LogP contribution in [-0.4, -0.2) is 65.4 Å². The summed E-state index contributed by atoms with van der Waals surface area (Å²) < 4.78 is 0. The number of carbonyl (C=O) groups is 1. The van der Waals surface area contributed by atoms with Gasteiger partial charge in [0.05, 0.1) is 0 Å². The molecule has 4 N–H and O–H groups in total. The molecule has 1 saturated heterocycles. The van der Waals surface area contributed by atoms with Crippen LogP contribution in [0.4, 0.5) is 0 Å². The Morgan fingerprint density at radius 1 is 1.22 bits per heavy atom. The lowest BCUT2D eigenvalue weighted by molar-refractivity contribution is -0.145. The largest absolute Gasteiger partial charge is 0.480 e. The zero-order chi connectivity index (χ0) is 17.5. The third kappa shape index (κ3) is 6.79. The van der Waals surface area contributed by atoms with Crippen LogP contribution in [0.25, 0.3) is 0 Å². The van der Waals surface area contributed by atoms with E-state index in [0.29, 0.717) is 37.4 Å². The van der Waals surface area contributed by atoms with Gasteiger partial charge in [0.2, 0.25) is 0 Å². The van der Waals surface area contributed by atoms with Crippen molar-refractivity contribution in [3.8, 4) is 0 Å². The van der Waals surface area contributed by atoms with Gasteiger partial charge in [0.25, 0.3) is 0 Å². The molecular weight excluding hydrogens is 295 g/mol. The average molecular weight is 328 g/mol. The van der Waals surface area contributed by atoms with Crippen LogP contribution in [0, 0.1) is 5.41 Å². The maximum Gasteiger partial charge on any atom is 0.451 e. The van der Waals surface area contributed by atoms with E-state index >= 15 is 0 Å². The Morgan fingerprint density at radius 2 is 1.83 bits per heavy atom. The summed E-state index contributed by atoms with van der Waals surface area (Å²) in [5, 5.41) is 30.4. The molecule has 23 heavy (non-hydrogen) atoms. The fraction of sp³-hybridized carbons (Fsp3) is 0.938. The molecular formula is C16H33BN2O4. The number of likely N-dealkylation sites (N-methyl/N-ethyl adjacent to an activating group) is 1. The number of carboxylic acid groups (broad SMARTS) is 1. The molecule has 1 unspecified atom stereocenters. The predicted molar refractivity (Wildman–Crippen MR) is 92.3 cm³/mol. The zero-order valence-electron chi connectivity index (χ0n) is 14.8. The summed E-state index contributed by atoms with van der Waals surface area (Å²) in [6.45, 7) is 7.42. The minimum absolute atomic E-state index is 0.292. The Labute approximate surface area is 140 Å². The fourth-order valence-corrected chi connectivity index (χ4v) is 3.18. The van der Waals surface area contributed by atoms with Gasteiger partial charge in [0.1, 0.15) is 5.54 Å². The van der Waals surface area contributed by atoms with E-state index in [-0.39, 0.29) is 0 Å². The summed E-state index contributed by atoms with van der Waals surface area (Å²) >= 11 is 0. The predicted octanol–water partition coefficient (Wildman–Crippen LogP) is 1.18. The lowest BCUT2D eigenvalue weighted by Crippen LogP contribution is -2.53. The molecule has 1 rings (SSSR count). The number of nitrogens with one attached hydrogen (secondary N) is 1. The standard InChI is InChI=1S/C16H33BN2O4/c1-15(2)7-11-19(12-8-15)13-9-16(18-3,14(20)21)6-4-5-10-17(22)23/h18,22-23H,4-13H2,1-3H3,(H,20,21). The molecule has 1 fully saturated rings. The van der Waals surface area contributed by atoms with E-state index in [1.165, 1.54) is 0 Å². The average Bonchev–Trinajstić information content (AvgIpc) is 2.47. The quantitative estimate of drug-likeness (QED) is 0.356. The number of unbranched alkanes of at least 4 members (excludes halogenated alkanes) is 1. The third-order valence-electron chi connectivity index (χ3n) is 5.27. The Balaban J connectivity index is 2.49. The van der Waals surface area contributed by atoms with E-state index in [1.54, 1.807) is 7.05 Å². The first-order valence-corrected chi connectivity index (χ1v) is 8.72. The number of rotatable bonds is 10.